The number of hydrogen-bond acceptors (Lipinski definition) is 1. The van der Waals surface area contributed by atoms with Crippen molar-refractivity contribution in [1.82, 2.24) is 5.32 Å². The number of carbonyl (C=O) groups is 1. The predicted molar refractivity (Wildman–Crippen MR) is 63.2 cm³/mol. The number of rotatable bonds is 4. The van der Waals surface area contributed by atoms with Crippen molar-refractivity contribution in [1.29, 1.82) is 0 Å². The monoisotopic (exact) mass is 205 g/mol. The number of amides is 1. The van der Waals surface area contributed by atoms with E-state index in [1.807, 2.05) is 31.2 Å². The maximum absolute atomic E-state index is 11.5. The second-order valence-electron chi connectivity index (χ2n) is 3.79. The predicted octanol–water partition coefficient (Wildman–Crippen LogP) is 2.95. The lowest BCUT2D eigenvalue weighted by Crippen LogP contribution is -2.22. The van der Waals surface area contributed by atoms with Crippen LogP contribution in [0, 0.1) is 0 Å². The molecule has 0 fully saturated rings. The third-order valence-electron chi connectivity index (χ3n) is 2.69. The Morgan fingerprint density at radius 1 is 1.27 bits per heavy atom. The van der Waals surface area contributed by atoms with Crippen LogP contribution in [0.5, 0.6) is 0 Å². The highest BCUT2D eigenvalue weighted by molar-refractivity contribution is 5.94. The second kappa shape index (κ2) is 5.54. The summed E-state index contributed by atoms with van der Waals surface area (Å²) in [5, 5.41) is 2.79. The van der Waals surface area contributed by atoms with Gasteiger partial charge < -0.3 is 5.32 Å². The Bertz CT molecular complexity index is 316. The summed E-state index contributed by atoms with van der Waals surface area (Å²) in [7, 11) is 0. The fraction of sp³-hybridized carbons (Fsp3) is 0.462. The maximum Gasteiger partial charge on any atom is 0.251 e. The summed E-state index contributed by atoms with van der Waals surface area (Å²) in [6.45, 7) is 6.96. The second-order valence-corrected chi connectivity index (χ2v) is 3.79. The van der Waals surface area contributed by atoms with Crippen LogP contribution in [0.15, 0.2) is 24.3 Å². The molecule has 0 saturated heterocycles. The summed E-state index contributed by atoms with van der Waals surface area (Å²) in [5.74, 6) is 0.571. The average molecular weight is 205 g/mol. The minimum absolute atomic E-state index is 0.00759. The molecule has 1 unspecified atom stereocenters. The van der Waals surface area contributed by atoms with Crippen LogP contribution in [0.3, 0.4) is 0 Å². The molecule has 1 atom stereocenters. The molecule has 1 aromatic carbocycles. The molecular weight excluding hydrogens is 186 g/mol. The van der Waals surface area contributed by atoms with Gasteiger partial charge in [0.2, 0.25) is 0 Å². The Balaban J connectivity index is 2.76. The van der Waals surface area contributed by atoms with Crippen molar-refractivity contribution >= 4 is 5.91 Å². The molecule has 0 saturated carbocycles. The van der Waals surface area contributed by atoms with E-state index >= 15 is 0 Å². The quantitative estimate of drug-likeness (QED) is 0.804. The normalized spacial score (nSPS) is 12.2. The molecule has 0 radical (unpaired) electrons. The molecule has 1 N–H and O–H groups in total. The molecule has 0 spiro atoms. The fourth-order valence-corrected chi connectivity index (χ4v) is 1.46. The zero-order chi connectivity index (χ0) is 11.3. The standard InChI is InChI=1S/C13H19NO/c1-4-10(3)11-6-8-12(9-7-11)13(15)14-5-2/h6-10H,4-5H2,1-3H3,(H,14,15). The third kappa shape index (κ3) is 3.08. The van der Waals surface area contributed by atoms with Gasteiger partial charge in [-0.25, -0.2) is 0 Å². The van der Waals surface area contributed by atoms with Gasteiger partial charge >= 0.3 is 0 Å². The van der Waals surface area contributed by atoms with Crippen molar-refractivity contribution in [3.63, 3.8) is 0 Å². The number of hydrogen-bond donors (Lipinski definition) is 1. The summed E-state index contributed by atoms with van der Waals surface area (Å²) >= 11 is 0. The van der Waals surface area contributed by atoms with Crippen molar-refractivity contribution in [3.05, 3.63) is 35.4 Å². The first-order valence-corrected chi connectivity index (χ1v) is 5.57. The number of benzene rings is 1. The van der Waals surface area contributed by atoms with Gasteiger partial charge in [0.1, 0.15) is 0 Å². The molecule has 0 bridgehead atoms. The van der Waals surface area contributed by atoms with E-state index in [0.29, 0.717) is 12.5 Å². The van der Waals surface area contributed by atoms with Gasteiger partial charge in [-0.15, -0.1) is 0 Å². The van der Waals surface area contributed by atoms with Crippen LogP contribution in [0.25, 0.3) is 0 Å². The number of carbonyl (C=O) groups excluding carboxylic acids is 1. The summed E-state index contributed by atoms with van der Waals surface area (Å²) in [5.41, 5.74) is 2.04. The molecule has 0 aromatic heterocycles. The molecule has 2 heteroatoms. The topological polar surface area (TPSA) is 29.1 Å². The van der Waals surface area contributed by atoms with Gasteiger partial charge in [-0.3, -0.25) is 4.79 Å². The molecule has 15 heavy (non-hydrogen) atoms. The first-order chi connectivity index (χ1) is 7.19. The Morgan fingerprint density at radius 3 is 2.33 bits per heavy atom. The van der Waals surface area contributed by atoms with E-state index in [1.165, 1.54) is 5.56 Å². The maximum atomic E-state index is 11.5. The lowest BCUT2D eigenvalue weighted by atomic mass is 9.97. The Kier molecular flexibility index (Phi) is 4.35. The van der Waals surface area contributed by atoms with Crippen LogP contribution in [-0.2, 0) is 0 Å². The zero-order valence-electron chi connectivity index (χ0n) is 9.71. The third-order valence-corrected chi connectivity index (χ3v) is 2.69. The van der Waals surface area contributed by atoms with Crippen LogP contribution in [-0.4, -0.2) is 12.5 Å². The molecule has 1 aromatic rings. The van der Waals surface area contributed by atoms with Crippen LogP contribution in [0.4, 0.5) is 0 Å². The van der Waals surface area contributed by atoms with E-state index in [1.54, 1.807) is 0 Å². The zero-order valence-corrected chi connectivity index (χ0v) is 9.71. The van der Waals surface area contributed by atoms with Gasteiger partial charge in [-0.2, -0.15) is 0 Å². The summed E-state index contributed by atoms with van der Waals surface area (Å²) < 4.78 is 0. The van der Waals surface area contributed by atoms with Crippen molar-refractivity contribution in [2.24, 2.45) is 0 Å². The Morgan fingerprint density at radius 2 is 1.87 bits per heavy atom. The summed E-state index contributed by atoms with van der Waals surface area (Å²) in [4.78, 5) is 11.5. The largest absolute Gasteiger partial charge is 0.352 e. The van der Waals surface area contributed by atoms with E-state index < -0.39 is 0 Å². The number of nitrogens with one attached hydrogen (secondary N) is 1. The smallest absolute Gasteiger partial charge is 0.251 e. The van der Waals surface area contributed by atoms with Gasteiger partial charge in [0.15, 0.2) is 0 Å². The SMILES string of the molecule is CCNC(=O)c1ccc(C(C)CC)cc1. The van der Waals surface area contributed by atoms with Crippen molar-refractivity contribution < 1.29 is 4.79 Å². The van der Waals surface area contributed by atoms with Gasteiger partial charge in [-0.05, 0) is 37.0 Å². The average Bonchev–Trinajstić information content (AvgIpc) is 2.28. The van der Waals surface area contributed by atoms with E-state index in [-0.39, 0.29) is 5.91 Å². The lowest BCUT2D eigenvalue weighted by Gasteiger charge is -2.09. The molecular formula is C13H19NO. The van der Waals surface area contributed by atoms with Gasteiger partial charge in [0.05, 0.1) is 0 Å². The highest BCUT2D eigenvalue weighted by Gasteiger charge is 2.06. The van der Waals surface area contributed by atoms with Crippen molar-refractivity contribution in [2.75, 3.05) is 6.54 Å². The molecule has 2 nitrogen and oxygen atoms in total. The summed E-state index contributed by atoms with van der Waals surface area (Å²) in [6.07, 6.45) is 1.13. The van der Waals surface area contributed by atoms with E-state index in [2.05, 4.69) is 19.2 Å². The first-order valence-electron chi connectivity index (χ1n) is 5.57. The molecule has 1 rings (SSSR count). The van der Waals surface area contributed by atoms with Crippen LogP contribution in [0.2, 0.25) is 0 Å². The Hall–Kier alpha value is -1.31. The van der Waals surface area contributed by atoms with Gasteiger partial charge in [0, 0.05) is 12.1 Å². The first kappa shape index (κ1) is 11.8. The highest BCUT2D eigenvalue weighted by atomic mass is 16.1. The van der Waals surface area contributed by atoms with E-state index in [0.717, 1.165) is 12.0 Å². The van der Waals surface area contributed by atoms with Crippen LogP contribution in [0.1, 0.15) is 49.0 Å². The molecule has 0 aliphatic heterocycles. The minimum Gasteiger partial charge on any atom is -0.352 e. The highest BCUT2D eigenvalue weighted by Crippen LogP contribution is 2.18. The van der Waals surface area contributed by atoms with Crippen LogP contribution >= 0.6 is 0 Å². The van der Waals surface area contributed by atoms with Crippen molar-refractivity contribution in [3.8, 4) is 0 Å². The molecule has 0 aliphatic rings. The molecule has 1 amide bonds. The lowest BCUT2D eigenvalue weighted by molar-refractivity contribution is 0.0956. The van der Waals surface area contributed by atoms with Gasteiger partial charge in [-0.1, -0.05) is 26.0 Å². The van der Waals surface area contributed by atoms with E-state index in [4.69, 9.17) is 0 Å². The van der Waals surface area contributed by atoms with Gasteiger partial charge in [0.25, 0.3) is 5.91 Å². The van der Waals surface area contributed by atoms with E-state index in [9.17, 15) is 4.79 Å². The Labute approximate surface area is 91.7 Å². The fourth-order valence-electron chi connectivity index (χ4n) is 1.46. The molecule has 0 aliphatic carbocycles. The van der Waals surface area contributed by atoms with Crippen molar-refractivity contribution in [2.45, 2.75) is 33.1 Å². The molecule has 82 valence electrons. The van der Waals surface area contributed by atoms with Crippen LogP contribution < -0.4 is 5.32 Å². The molecule has 0 heterocycles. The minimum atomic E-state index is 0.00759. The summed E-state index contributed by atoms with van der Waals surface area (Å²) in [6, 6.07) is 7.87.